The minimum atomic E-state index is 0.365. The van der Waals surface area contributed by atoms with Gasteiger partial charge in [-0.3, -0.25) is 4.99 Å². The van der Waals surface area contributed by atoms with Crippen molar-refractivity contribution < 1.29 is 0 Å². The highest BCUT2D eigenvalue weighted by Gasteiger charge is 1.92. The van der Waals surface area contributed by atoms with Gasteiger partial charge in [0.2, 0.25) is 0 Å². The lowest BCUT2D eigenvalue weighted by Crippen LogP contribution is -2.15. The van der Waals surface area contributed by atoms with Gasteiger partial charge in [0.15, 0.2) is 0 Å². The molecule has 0 saturated heterocycles. The molecule has 3 nitrogen and oxygen atoms in total. The second-order valence-electron chi connectivity index (χ2n) is 5.10. The molecule has 1 aromatic carbocycles. The maximum absolute atomic E-state index is 4.39. The molecule has 1 aromatic rings. The largest absolute Gasteiger partial charge is 0.308 e. The molecule has 0 radical (unpaired) electrons. The fourth-order valence-electron chi connectivity index (χ4n) is 1.30. The van der Waals surface area contributed by atoms with Crippen molar-refractivity contribution in [1.82, 2.24) is 5.43 Å². The fourth-order valence-corrected chi connectivity index (χ4v) is 1.30. The minimum Gasteiger partial charge on any atom is -0.308 e. The fraction of sp³-hybridized carbons (Fsp3) is 0.467. The molecule has 18 heavy (non-hydrogen) atoms. The zero-order valence-electron chi connectivity index (χ0n) is 11.7. The summed E-state index contributed by atoms with van der Waals surface area (Å²) in [4.78, 5) is 4.39. The van der Waals surface area contributed by atoms with Crippen molar-refractivity contribution in [2.45, 2.75) is 33.7 Å². The maximum Gasteiger partial charge on any atom is 0.0540 e. The minimum absolute atomic E-state index is 0.365. The molecule has 0 amide bonds. The smallest absolute Gasteiger partial charge is 0.0540 e. The monoisotopic (exact) mass is 245 g/mol. The highest BCUT2D eigenvalue weighted by Crippen LogP contribution is 2.01. The molecule has 0 bridgehead atoms. The number of hydrogen-bond donors (Lipinski definition) is 1. The maximum atomic E-state index is 4.39. The van der Waals surface area contributed by atoms with Gasteiger partial charge in [0.1, 0.15) is 0 Å². The molecular formula is C15H23N3. The Morgan fingerprint density at radius 3 is 2.06 bits per heavy atom. The van der Waals surface area contributed by atoms with Gasteiger partial charge in [-0.05, 0) is 30.9 Å². The van der Waals surface area contributed by atoms with Crippen molar-refractivity contribution in [3.8, 4) is 0 Å². The Balaban J connectivity index is 2.52. The lowest BCUT2D eigenvalue weighted by molar-refractivity contribution is 0.623. The van der Waals surface area contributed by atoms with Gasteiger partial charge in [-0.15, -0.1) is 0 Å². The first-order valence-electron chi connectivity index (χ1n) is 6.46. The lowest BCUT2D eigenvalue weighted by Gasteiger charge is -2.02. The van der Waals surface area contributed by atoms with Crippen LogP contribution in [0.15, 0.2) is 34.4 Å². The summed E-state index contributed by atoms with van der Waals surface area (Å²) in [6.07, 6.45) is 3.75. The third-order valence-corrected chi connectivity index (χ3v) is 2.19. The molecule has 0 aliphatic heterocycles. The molecule has 0 aliphatic rings. The molecular weight excluding hydrogens is 222 g/mol. The van der Waals surface area contributed by atoms with Gasteiger partial charge in [0.25, 0.3) is 0 Å². The second kappa shape index (κ2) is 7.64. The third-order valence-electron chi connectivity index (χ3n) is 2.19. The first-order valence-corrected chi connectivity index (χ1v) is 6.46. The average molecular weight is 245 g/mol. The molecule has 0 saturated carbocycles. The van der Waals surface area contributed by atoms with E-state index in [1.165, 1.54) is 0 Å². The number of aliphatic imine (C=N–C) groups is 1. The van der Waals surface area contributed by atoms with E-state index in [0.717, 1.165) is 17.7 Å². The van der Waals surface area contributed by atoms with Crippen LogP contribution in [0.3, 0.4) is 0 Å². The van der Waals surface area contributed by atoms with Crippen LogP contribution >= 0.6 is 0 Å². The average Bonchev–Trinajstić information content (AvgIpc) is 2.30. The van der Waals surface area contributed by atoms with Crippen LogP contribution in [0.5, 0.6) is 0 Å². The van der Waals surface area contributed by atoms with E-state index in [0.29, 0.717) is 12.0 Å². The number of benzene rings is 1. The number of hydrogen-bond acceptors (Lipinski definition) is 3. The summed E-state index contributed by atoms with van der Waals surface area (Å²) >= 11 is 0. The van der Waals surface area contributed by atoms with E-state index in [1.54, 1.807) is 0 Å². The Hall–Kier alpha value is -1.64. The van der Waals surface area contributed by atoms with Crippen molar-refractivity contribution in [3.63, 3.8) is 0 Å². The Morgan fingerprint density at radius 2 is 1.56 bits per heavy atom. The normalized spacial score (nSPS) is 12.1. The molecule has 0 heterocycles. The standard InChI is InChI=1S/C15H23N3/c1-12(2)9-16-10-14-5-7-15(8-6-14)11-17-18-13(3)4/h5-8,10-13,18H,9H2,1-4H3/b16-10?,17-11+. The van der Waals surface area contributed by atoms with E-state index in [4.69, 9.17) is 0 Å². The van der Waals surface area contributed by atoms with Gasteiger partial charge in [0, 0.05) is 18.8 Å². The first kappa shape index (κ1) is 14.4. The van der Waals surface area contributed by atoms with Gasteiger partial charge < -0.3 is 5.43 Å². The number of nitrogens with one attached hydrogen (secondary N) is 1. The van der Waals surface area contributed by atoms with Crippen LogP contribution in [-0.4, -0.2) is 25.0 Å². The summed E-state index contributed by atoms with van der Waals surface area (Å²) in [6.45, 7) is 9.33. The predicted molar refractivity (Wildman–Crippen MR) is 79.6 cm³/mol. The second-order valence-corrected chi connectivity index (χ2v) is 5.10. The van der Waals surface area contributed by atoms with Gasteiger partial charge >= 0.3 is 0 Å². The molecule has 0 spiro atoms. The Kier molecular flexibility index (Phi) is 6.12. The van der Waals surface area contributed by atoms with Crippen LogP contribution in [0.2, 0.25) is 0 Å². The van der Waals surface area contributed by atoms with E-state index < -0.39 is 0 Å². The molecule has 0 atom stereocenters. The van der Waals surface area contributed by atoms with E-state index in [9.17, 15) is 0 Å². The summed E-state index contributed by atoms with van der Waals surface area (Å²) in [5, 5.41) is 4.15. The predicted octanol–water partition coefficient (Wildman–Crippen LogP) is 3.09. The SMILES string of the molecule is CC(C)CN=Cc1ccc(/C=N/NC(C)C)cc1. The van der Waals surface area contributed by atoms with E-state index in [2.05, 4.69) is 55.3 Å². The third kappa shape index (κ3) is 6.18. The van der Waals surface area contributed by atoms with E-state index >= 15 is 0 Å². The summed E-state index contributed by atoms with van der Waals surface area (Å²) in [7, 11) is 0. The van der Waals surface area contributed by atoms with Crippen LogP contribution in [0.4, 0.5) is 0 Å². The lowest BCUT2D eigenvalue weighted by atomic mass is 10.1. The van der Waals surface area contributed by atoms with Crippen molar-refractivity contribution in [2.24, 2.45) is 16.0 Å². The van der Waals surface area contributed by atoms with Gasteiger partial charge in [0.05, 0.1) is 6.21 Å². The van der Waals surface area contributed by atoms with Crippen molar-refractivity contribution in [1.29, 1.82) is 0 Å². The topological polar surface area (TPSA) is 36.8 Å². The number of hydrazone groups is 1. The summed E-state index contributed by atoms with van der Waals surface area (Å²) in [5.41, 5.74) is 5.21. The van der Waals surface area contributed by atoms with Crippen LogP contribution in [-0.2, 0) is 0 Å². The van der Waals surface area contributed by atoms with E-state index in [1.807, 2.05) is 24.6 Å². The summed E-state index contributed by atoms with van der Waals surface area (Å²) in [6, 6.07) is 8.56. The molecule has 0 unspecified atom stereocenters. The van der Waals surface area contributed by atoms with Crippen LogP contribution < -0.4 is 5.43 Å². The van der Waals surface area contributed by atoms with Crippen LogP contribution in [0.1, 0.15) is 38.8 Å². The van der Waals surface area contributed by atoms with Crippen molar-refractivity contribution in [3.05, 3.63) is 35.4 Å². The van der Waals surface area contributed by atoms with Crippen molar-refractivity contribution >= 4 is 12.4 Å². The van der Waals surface area contributed by atoms with Crippen molar-refractivity contribution in [2.75, 3.05) is 6.54 Å². The first-order chi connectivity index (χ1) is 8.58. The molecule has 0 aromatic heterocycles. The molecule has 0 aliphatic carbocycles. The molecule has 98 valence electrons. The molecule has 0 fully saturated rings. The van der Waals surface area contributed by atoms with Gasteiger partial charge in [-0.1, -0.05) is 38.1 Å². The Morgan fingerprint density at radius 1 is 1.00 bits per heavy atom. The number of nitrogens with zero attached hydrogens (tertiary/aromatic N) is 2. The summed E-state index contributed by atoms with van der Waals surface area (Å²) in [5.74, 6) is 0.606. The Bertz CT molecular complexity index is 350. The quantitative estimate of drug-likeness (QED) is 0.607. The zero-order chi connectivity index (χ0) is 13.4. The highest BCUT2D eigenvalue weighted by molar-refractivity contribution is 5.83. The zero-order valence-corrected chi connectivity index (χ0v) is 11.7. The summed E-state index contributed by atoms with van der Waals surface area (Å²) < 4.78 is 0. The molecule has 1 N–H and O–H groups in total. The van der Waals surface area contributed by atoms with E-state index in [-0.39, 0.29) is 0 Å². The van der Waals surface area contributed by atoms with Gasteiger partial charge in [-0.25, -0.2) is 0 Å². The van der Waals surface area contributed by atoms with Crippen LogP contribution in [0.25, 0.3) is 0 Å². The van der Waals surface area contributed by atoms with Crippen LogP contribution in [0, 0.1) is 5.92 Å². The Labute approximate surface area is 110 Å². The van der Waals surface area contributed by atoms with Gasteiger partial charge in [-0.2, -0.15) is 5.10 Å². The highest BCUT2D eigenvalue weighted by atomic mass is 15.3. The molecule has 1 rings (SSSR count). The number of rotatable bonds is 6. The molecule has 3 heteroatoms.